The van der Waals surface area contributed by atoms with E-state index in [4.69, 9.17) is 10.5 Å². The zero-order chi connectivity index (χ0) is 54.8. The van der Waals surface area contributed by atoms with Crippen LogP contribution < -0.4 is 35.9 Å². The van der Waals surface area contributed by atoms with Crippen LogP contribution in [-0.4, -0.2) is 109 Å². The topological polar surface area (TPSA) is 412 Å². The number of carbonyl (C=O) groups excluding carboxylic acids is 3. The van der Waals surface area contributed by atoms with Crippen molar-refractivity contribution in [2.45, 2.75) is 154 Å². The standard InChI is InChI=1S/C46H70N7O19P3/c1-44(2,27-69-75(66,67)72-74(64,65)68-26-32-37(71-73(61,62)63)36(56)42(70-32)53-29-52-35-39(47)50-28-51-40(35)53)38(57)41(58)49-25-17-34(55)48-24-16-33(54)45(20-21-45)18-10-4-3-6-12-30-14-8-9-15-31(30)13-7-5-11-19-46(22-23-46)43(59)60/h8-9,14-15,28-29,32,36-38,42,56-57H,3-7,10-13,16-27H2,1-2H3,(H,48,55)(H,49,58)(H,59,60)(H,64,65)(H,66,67)(H2,47,50,51)(H2,61,62,63)/p-4. The van der Waals surface area contributed by atoms with E-state index in [0.29, 0.717) is 0 Å². The van der Waals surface area contributed by atoms with E-state index in [0.717, 1.165) is 114 Å². The number of nitrogen functional groups attached to an aromatic ring is 1. The largest absolute Gasteiger partial charge is 0.790 e. The number of aryl methyl sites for hydroxylation is 2. The molecule has 2 amide bonds. The zero-order valence-electron chi connectivity index (χ0n) is 41.8. The van der Waals surface area contributed by atoms with Crippen molar-refractivity contribution in [3.63, 3.8) is 0 Å². The molecule has 2 aromatic heterocycles. The number of unbranched alkanes of at least 4 members (excludes halogenated alkanes) is 5. The molecule has 7 N–H and O–H groups in total. The molecule has 0 spiro atoms. The number of benzene rings is 1. The van der Waals surface area contributed by atoms with E-state index in [2.05, 4.69) is 67.7 Å². The van der Waals surface area contributed by atoms with E-state index in [1.54, 1.807) is 0 Å². The monoisotopic (exact) mass is 1110 g/mol. The predicted molar refractivity (Wildman–Crippen MR) is 257 cm³/mol. The molecule has 6 rings (SSSR count). The number of hydrogen-bond acceptors (Lipinski definition) is 22. The number of ether oxygens (including phenoxy) is 1. The molecule has 7 atom stereocenters. The van der Waals surface area contributed by atoms with Crippen LogP contribution in [0.1, 0.15) is 128 Å². The highest BCUT2D eigenvalue weighted by molar-refractivity contribution is 7.59. The maximum atomic E-state index is 13.1. The number of phosphoric acid groups is 3. The molecule has 3 aromatic rings. The van der Waals surface area contributed by atoms with Crippen molar-refractivity contribution in [3.05, 3.63) is 48.0 Å². The van der Waals surface area contributed by atoms with Gasteiger partial charge in [-0.1, -0.05) is 70.2 Å². The number of nitrogens with zero attached hydrogens (tertiary/aromatic N) is 4. The van der Waals surface area contributed by atoms with Gasteiger partial charge in [0.25, 0.3) is 15.6 Å². The summed E-state index contributed by atoms with van der Waals surface area (Å²) in [6.45, 7) is -0.00402. The number of anilines is 1. The van der Waals surface area contributed by atoms with Gasteiger partial charge in [0.1, 0.15) is 42.0 Å². The van der Waals surface area contributed by atoms with Gasteiger partial charge in [0.2, 0.25) is 11.8 Å². The van der Waals surface area contributed by atoms with Crippen LogP contribution in [-0.2, 0) is 68.3 Å². The highest BCUT2D eigenvalue weighted by Crippen LogP contribution is 2.57. The lowest BCUT2D eigenvalue weighted by Gasteiger charge is -2.36. The number of ketones is 1. The lowest BCUT2D eigenvalue weighted by Crippen LogP contribution is -2.46. The van der Waals surface area contributed by atoms with E-state index in [1.165, 1.54) is 25.0 Å². The Morgan fingerprint density at radius 3 is 2.05 bits per heavy atom. The molecule has 3 aliphatic rings. The van der Waals surface area contributed by atoms with Crippen molar-refractivity contribution in [2.24, 2.45) is 16.2 Å². The van der Waals surface area contributed by atoms with Gasteiger partial charge >= 0.3 is 5.97 Å². The number of amides is 2. The number of carbonyl (C=O) groups is 4. The number of fused-ring (bicyclic) bond motifs is 1. The number of hydrogen-bond donors (Lipinski definition) is 6. The first kappa shape index (κ1) is 60.1. The third-order valence-corrected chi connectivity index (χ3v) is 17.1. The lowest BCUT2D eigenvalue weighted by molar-refractivity contribution is -0.347. The molecule has 2 aliphatic carbocycles. The SMILES string of the molecule is CC(C)(COP(=O)([O-])OP(=O)([O-])OCC1OC(n2cnc3c(N)ncnc32)C(O)C1OP(=O)([O-])[O-])C(O)C(=O)NCCC(=O)NCCC(=O)C1(CCCCCCc2ccccc2CCCCCC2(C(=O)O)CC2)CC1. The number of carboxylic acids is 1. The number of rotatable bonds is 34. The number of imidazole rings is 1. The van der Waals surface area contributed by atoms with Gasteiger partial charge in [0.05, 0.1) is 32.8 Å². The number of aliphatic hydroxyl groups is 2. The molecule has 3 heterocycles. The molecule has 1 aromatic carbocycles. The smallest absolute Gasteiger partial charge is 0.309 e. The molecule has 2 saturated carbocycles. The summed E-state index contributed by atoms with van der Waals surface area (Å²) in [7, 11) is -17.7. The first-order valence-corrected chi connectivity index (χ1v) is 29.3. The molecule has 7 unspecified atom stereocenters. The first-order chi connectivity index (χ1) is 35.3. The Balaban J connectivity index is 0.834. The van der Waals surface area contributed by atoms with Crippen LogP contribution in [0.15, 0.2) is 36.9 Å². The first-order valence-electron chi connectivity index (χ1n) is 24.9. The maximum absolute atomic E-state index is 13.1. The van der Waals surface area contributed by atoms with Crippen molar-refractivity contribution in [1.82, 2.24) is 30.2 Å². The second kappa shape index (κ2) is 25.6. The summed E-state index contributed by atoms with van der Waals surface area (Å²) in [5, 5.41) is 36.0. The summed E-state index contributed by atoms with van der Waals surface area (Å²) in [6.07, 6.45) is 6.30. The van der Waals surface area contributed by atoms with E-state index < -0.39 is 95.9 Å². The quantitative estimate of drug-likeness (QED) is 0.0366. The number of phosphoric ester groups is 3. The van der Waals surface area contributed by atoms with Gasteiger partial charge < -0.3 is 74.1 Å². The Morgan fingerprint density at radius 1 is 0.853 bits per heavy atom. The Morgan fingerprint density at radius 2 is 1.44 bits per heavy atom. The second-order valence-corrected chi connectivity index (χ2v) is 24.3. The van der Waals surface area contributed by atoms with Gasteiger partial charge in [-0.2, -0.15) is 0 Å². The molecule has 418 valence electrons. The van der Waals surface area contributed by atoms with Crippen LogP contribution in [0.4, 0.5) is 5.82 Å². The van der Waals surface area contributed by atoms with Gasteiger partial charge in [-0.3, -0.25) is 32.9 Å². The summed E-state index contributed by atoms with van der Waals surface area (Å²) in [5.41, 5.74) is 5.97. The normalized spacial score (nSPS) is 22.0. The summed E-state index contributed by atoms with van der Waals surface area (Å²) >= 11 is 0. The minimum atomic E-state index is -5.94. The maximum Gasteiger partial charge on any atom is 0.309 e. The van der Waals surface area contributed by atoms with Crippen molar-refractivity contribution in [3.8, 4) is 0 Å². The van der Waals surface area contributed by atoms with Crippen LogP contribution in [0, 0.1) is 16.2 Å². The molecule has 3 fully saturated rings. The van der Waals surface area contributed by atoms with Crippen LogP contribution in [0.5, 0.6) is 0 Å². The Bertz CT molecular complexity index is 2620. The Hall–Kier alpha value is -4.10. The van der Waals surface area contributed by atoms with Crippen LogP contribution >= 0.6 is 23.5 Å². The number of Topliss-reactive ketones (excluding diaryl/α,β-unsaturated/α-hetero) is 1. The number of aromatic nitrogens is 4. The summed E-state index contributed by atoms with van der Waals surface area (Å²) < 4.78 is 61.1. The van der Waals surface area contributed by atoms with Crippen LogP contribution in [0.2, 0.25) is 0 Å². The van der Waals surface area contributed by atoms with Crippen molar-refractivity contribution >= 4 is 64.0 Å². The predicted octanol–water partition coefficient (Wildman–Crippen LogP) is 1.78. The number of aliphatic carboxylic acids is 1. The summed E-state index contributed by atoms with van der Waals surface area (Å²) in [6, 6.07) is 8.49. The molecule has 0 radical (unpaired) electrons. The molecule has 1 aliphatic heterocycles. The van der Waals surface area contributed by atoms with Crippen molar-refractivity contribution < 1.29 is 90.4 Å². The molecule has 26 nitrogen and oxygen atoms in total. The number of aliphatic hydroxyl groups excluding tert-OH is 2. The fourth-order valence-electron chi connectivity index (χ4n) is 9.17. The van der Waals surface area contributed by atoms with Gasteiger partial charge in [-0.05, 0) is 75.3 Å². The van der Waals surface area contributed by atoms with Crippen LogP contribution in [0.3, 0.4) is 0 Å². The Kier molecular flexibility index (Phi) is 20.5. The third-order valence-electron chi connectivity index (χ3n) is 14.1. The summed E-state index contributed by atoms with van der Waals surface area (Å²) in [5.74, 6) is -2.13. The highest BCUT2D eigenvalue weighted by atomic mass is 31.3. The number of nitrogens with two attached hydrogens (primary N) is 1. The van der Waals surface area contributed by atoms with E-state index in [1.807, 2.05) is 0 Å². The lowest BCUT2D eigenvalue weighted by atomic mass is 9.87. The van der Waals surface area contributed by atoms with E-state index in [9.17, 15) is 67.8 Å². The van der Waals surface area contributed by atoms with Crippen LogP contribution in [0.25, 0.3) is 11.2 Å². The molecule has 29 heteroatoms. The highest BCUT2D eigenvalue weighted by Gasteiger charge is 2.50. The fourth-order valence-corrected chi connectivity index (χ4v) is 11.9. The zero-order valence-corrected chi connectivity index (χ0v) is 44.5. The van der Waals surface area contributed by atoms with Crippen molar-refractivity contribution in [2.75, 3.05) is 32.0 Å². The van der Waals surface area contributed by atoms with E-state index in [-0.39, 0.29) is 54.1 Å². The molecule has 75 heavy (non-hydrogen) atoms. The average molecular weight is 1110 g/mol. The van der Waals surface area contributed by atoms with Gasteiger partial charge in [-0.15, -0.1) is 0 Å². The third kappa shape index (κ3) is 17.2. The minimum absolute atomic E-state index is 0.0242. The molecule has 0 bridgehead atoms. The number of carboxylic acid groups (broad SMARTS) is 1. The minimum Gasteiger partial charge on any atom is -0.790 e. The molecular formula is C46H66N7O19P3-4. The fraction of sp³-hybridized carbons (Fsp3) is 0.674. The molecule has 1 saturated heterocycles. The molecular weight excluding hydrogens is 1050 g/mol. The second-order valence-electron chi connectivity index (χ2n) is 20.3. The van der Waals surface area contributed by atoms with Crippen molar-refractivity contribution in [1.29, 1.82) is 0 Å². The van der Waals surface area contributed by atoms with Gasteiger partial charge in [0, 0.05) is 36.8 Å². The van der Waals surface area contributed by atoms with E-state index >= 15 is 0 Å². The average Bonchev–Trinajstić information content (AvgIpc) is 4.25. The van der Waals surface area contributed by atoms with Gasteiger partial charge in [-0.25, -0.2) is 19.3 Å². The van der Waals surface area contributed by atoms with Gasteiger partial charge in [0.15, 0.2) is 17.7 Å². The summed E-state index contributed by atoms with van der Waals surface area (Å²) in [4.78, 5) is 110. The Labute approximate surface area is 433 Å². The number of nitrogens with one attached hydrogen (secondary N) is 2.